The van der Waals surface area contributed by atoms with Gasteiger partial charge in [0, 0.05) is 26.2 Å². The summed E-state index contributed by atoms with van der Waals surface area (Å²) in [6.07, 6.45) is 1.93. The van der Waals surface area contributed by atoms with Gasteiger partial charge in [-0.1, -0.05) is 109 Å². The Balaban J connectivity index is 0.00000338. The molecule has 1 fully saturated rings. The molecule has 2 amide bonds. The minimum atomic E-state index is -0.668. The van der Waals surface area contributed by atoms with Gasteiger partial charge in [-0.15, -0.1) is 24.8 Å². The number of benzene rings is 4. The summed E-state index contributed by atoms with van der Waals surface area (Å²) in [4.78, 5) is 40.6. The quantitative estimate of drug-likeness (QED) is 0.0806. The fourth-order valence-electron chi connectivity index (χ4n) is 6.14. The monoisotopic (exact) mass is 716 g/mol. The first-order valence-corrected chi connectivity index (χ1v) is 16.3. The molecule has 0 aliphatic carbocycles. The smallest absolute Gasteiger partial charge is 0.246 e. The number of aliphatic imine (C=N–C) groups is 2. The number of piperazine rings is 1. The van der Waals surface area contributed by atoms with E-state index in [9.17, 15) is 9.59 Å². The molecule has 12 heteroatoms. The highest BCUT2D eigenvalue weighted by Gasteiger charge is 2.45. The number of carbonyl (C=O) groups is 2. The van der Waals surface area contributed by atoms with E-state index in [1.165, 1.54) is 0 Å². The van der Waals surface area contributed by atoms with Crippen molar-refractivity contribution in [2.75, 3.05) is 13.1 Å². The van der Waals surface area contributed by atoms with Gasteiger partial charge in [-0.05, 0) is 59.1 Å². The van der Waals surface area contributed by atoms with Crippen molar-refractivity contribution >= 4 is 48.5 Å². The second-order valence-electron chi connectivity index (χ2n) is 12.0. The Hall–Kier alpha value is -5.06. The van der Waals surface area contributed by atoms with Crippen molar-refractivity contribution in [3.8, 4) is 22.3 Å². The maximum Gasteiger partial charge on any atom is 0.246 e. The zero-order valence-electron chi connectivity index (χ0n) is 27.9. The van der Waals surface area contributed by atoms with Crippen LogP contribution in [0.3, 0.4) is 0 Å². The summed E-state index contributed by atoms with van der Waals surface area (Å²) in [5.74, 6) is -0.200. The topological polar surface area (TPSA) is 169 Å². The summed E-state index contributed by atoms with van der Waals surface area (Å²) in [6, 6.07) is 35.2. The third-order valence-corrected chi connectivity index (χ3v) is 8.58. The van der Waals surface area contributed by atoms with E-state index >= 15 is 0 Å². The van der Waals surface area contributed by atoms with Crippen molar-refractivity contribution in [2.24, 2.45) is 32.9 Å². The van der Waals surface area contributed by atoms with E-state index in [1.807, 2.05) is 84.9 Å². The summed E-state index contributed by atoms with van der Waals surface area (Å²) >= 11 is 0. The molecular weight excluding hydrogens is 671 g/mol. The van der Waals surface area contributed by atoms with Crippen LogP contribution in [0.1, 0.15) is 36.8 Å². The highest BCUT2D eigenvalue weighted by atomic mass is 35.5. The molecule has 4 aromatic carbocycles. The SMILES string of the molecule is Cl.Cl.NC(N)=NCCC[C@H]1C(=O)N(Cc2ccc(-c3ccccc3)cc2)[C@@H](CCCN=C(N)N)C(=O)N1Cc1ccc(-c2ccccc2)cc1. The van der Waals surface area contributed by atoms with Crippen LogP contribution in [-0.2, 0) is 22.7 Å². The molecule has 0 bridgehead atoms. The summed E-state index contributed by atoms with van der Waals surface area (Å²) < 4.78 is 0. The van der Waals surface area contributed by atoms with Crippen molar-refractivity contribution in [2.45, 2.75) is 50.9 Å². The van der Waals surface area contributed by atoms with Gasteiger partial charge in [0.2, 0.25) is 11.8 Å². The van der Waals surface area contributed by atoms with Gasteiger partial charge in [0.25, 0.3) is 0 Å². The van der Waals surface area contributed by atoms with Gasteiger partial charge >= 0.3 is 0 Å². The van der Waals surface area contributed by atoms with Crippen LogP contribution in [0.5, 0.6) is 0 Å². The molecule has 1 saturated heterocycles. The predicted molar refractivity (Wildman–Crippen MR) is 207 cm³/mol. The number of carbonyl (C=O) groups excluding carboxylic acids is 2. The van der Waals surface area contributed by atoms with Crippen molar-refractivity contribution < 1.29 is 9.59 Å². The summed E-state index contributed by atoms with van der Waals surface area (Å²) in [6.45, 7) is 1.33. The lowest BCUT2D eigenvalue weighted by Gasteiger charge is -2.45. The zero-order chi connectivity index (χ0) is 33.9. The predicted octanol–water partition coefficient (Wildman–Crippen LogP) is 5.08. The average Bonchev–Trinajstić information content (AvgIpc) is 3.10. The summed E-state index contributed by atoms with van der Waals surface area (Å²) in [5.41, 5.74) is 28.5. The van der Waals surface area contributed by atoms with Gasteiger partial charge < -0.3 is 32.7 Å². The van der Waals surface area contributed by atoms with E-state index in [0.717, 1.165) is 33.4 Å². The third-order valence-electron chi connectivity index (χ3n) is 8.58. The number of guanidine groups is 2. The number of amides is 2. The lowest BCUT2D eigenvalue weighted by molar-refractivity contribution is -0.164. The van der Waals surface area contributed by atoms with E-state index in [4.69, 9.17) is 22.9 Å². The van der Waals surface area contributed by atoms with E-state index < -0.39 is 12.1 Å². The molecule has 0 unspecified atom stereocenters. The van der Waals surface area contributed by atoms with Crippen molar-refractivity contribution in [1.82, 2.24) is 9.80 Å². The van der Waals surface area contributed by atoms with Gasteiger partial charge in [0.15, 0.2) is 11.9 Å². The van der Waals surface area contributed by atoms with Crippen LogP contribution < -0.4 is 22.9 Å². The van der Waals surface area contributed by atoms with E-state index in [1.54, 1.807) is 9.80 Å². The van der Waals surface area contributed by atoms with Crippen LogP contribution in [0.4, 0.5) is 0 Å². The number of nitrogens with zero attached hydrogens (tertiary/aromatic N) is 4. The molecule has 0 saturated carbocycles. The molecule has 0 spiro atoms. The van der Waals surface area contributed by atoms with Crippen molar-refractivity contribution in [1.29, 1.82) is 0 Å². The minimum absolute atomic E-state index is 0. The molecule has 1 aliphatic rings. The first kappa shape index (κ1) is 39.4. The normalized spacial score (nSPS) is 15.4. The molecule has 1 heterocycles. The van der Waals surface area contributed by atoms with Gasteiger partial charge in [-0.3, -0.25) is 19.6 Å². The fraction of sp³-hybridized carbons (Fsp3) is 0.263. The number of hydrogen-bond donors (Lipinski definition) is 4. The number of hydrogen-bond acceptors (Lipinski definition) is 4. The molecule has 5 rings (SSSR count). The Morgan fingerprint density at radius 1 is 0.500 bits per heavy atom. The van der Waals surface area contributed by atoms with Gasteiger partial charge in [-0.25, -0.2) is 0 Å². The molecule has 0 aromatic heterocycles. The average molecular weight is 718 g/mol. The van der Waals surface area contributed by atoms with E-state index in [-0.39, 0.29) is 48.5 Å². The summed E-state index contributed by atoms with van der Waals surface area (Å²) in [7, 11) is 0. The highest BCUT2D eigenvalue weighted by Crippen LogP contribution is 2.29. The Labute approximate surface area is 306 Å². The van der Waals surface area contributed by atoms with Gasteiger partial charge in [-0.2, -0.15) is 0 Å². The summed E-state index contributed by atoms with van der Waals surface area (Å²) in [5, 5.41) is 0. The van der Waals surface area contributed by atoms with Crippen LogP contribution in [0, 0.1) is 0 Å². The molecule has 4 aromatic rings. The molecule has 50 heavy (non-hydrogen) atoms. The van der Waals surface area contributed by atoms with Gasteiger partial charge in [0.05, 0.1) is 0 Å². The van der Waals surface area contributed by atoms with Crippen LogP contribution in [0.25, 0.3) is 22.3 Å². The lowest BCUT2D eigenvalue weighted by Crippen LogP contribution is -2.64. The Morgan fingerprint density at radius 2 is 0.820 bits per heavy atom. The standard InChI is InChI=1S/C38H44N8O2.2ClH/c39-37(40)43-23-7-13-33-36(48)46(26-28-17-21-32(22-18-28)30-11-5-2-6-12-30)34(14-8-24-44-38(41)42)35(47)45(33)25-27-15-19-31(20-16-27)29-9-3-1-4-10-29;;/h1-6,9-12,15-22,33-34H,7-8,13-14,23-26H2,(H4,39,40,43)(H4,41,42,44);2*1H/t33-,34-;;/m0../s1. The molecule has 0 radical (unpaired) electrons. The number of rotatable bonds is 14. The largest absolute Gasteiger partial charge is 0.370 e. The number of halogens is 2. The van der Waals surface area contributed by atoms with Gasteiger partial charge in [0.1, 0.15) is 12.1 Å². The number of nitrogens with two attached hydrogens (primary N) is 4. The van der Waals surface area contributed by atoms with Crippen molar-refractivity contribution in [3.05, 3.63) is 120 Å². The Morgan fingerprint density at radius 3 is 1.14 bits per heavy atom. The Kier molecular flexibility index (Phi) is 15.1. The van der Waals surface area contributed by atoms with Crippen LogP contribution in [0.15, 0.2) is 119 Å². The molecule has 10 nitrogen and oxygen atoms in total. The maximum atomic E-state index is 14.5. The maximum absolute atomic E-state index is 14.5. The van der Waals surface area contributed by atoms with E-state index in [2.05, 4.69) is 34.3 Å². The molecule has 2 atom stereocenters. The van der Waals surface area contributed by atoms with E-state index in [0.29, 0.717) is 51.9 Å². The molecular formula is C38H46Cl2N8O2. The molecule has 8 N–H and O–H groups in total. The van der Waals surface area contributed by atoms with Crippen LogP contribution in [-0.4, -0.2) is 58.7 Å². The third kappa shape index (κ3) is 10.5. The molecule has 264 valence electrons. The Bertz CT molecular complexity index is 1580. The highest BCUT2D eigenvalue weighted by molar-refractivity contribution is 5.97. The molecule has 1 aliphatic heterocycles. The minimum Gasteiger partial charge on any atom is -0.370 e. The second kappa shape index (κ2) is 19.2. The first-order chi connectivity index (χ1) is 23.3. The van der Waals surface area contributed by atoms with Crippen LogP contribution in [0.2, 0.25) is 0 Å². The fourth-order valence-corrected chi connectivity index (χ4v) is 6.14. The second-order valence-corrected chi connectivity index (χ2v) is 12.0. The zero-order valence-corrected chi connectivity index (χ0v) is 29.6. The van der Waals surface area contributed by atoms with Crippen molar-refractivity contribution in [3.63, 3.8) is 0 Å². The van der Waals surface area contributed by atoms with Crippen LogP contribution >= 0.6 is 24.8 Å². The first-order valence-electron chi connectivity index (χ1n) is 16.3. The lowest BCUT2D eigenvalue weighted by atomic mass is 9.95.